The van der Waals surface area contributed by atoms with Crippen molar-refractivity contribution in [3.8, 4) is 44.8 Å². The van der Waals surface area contributed by atoms with Crippen molar-refractivity contribution in [1.82, 2.24) is 14.1 Å². The van der Waals surface area contributed by atoms with Crippen molar-refractivity contribution in [2.45, 2.75) is 19.3 Å². The van der Waals surface area contributed by atoms with E-state index in [1.54, 1.807) is 0 Å². The van der Waals surface area contributed by atoms with Crippen LogP contribution in [-0.2, 0) is 5.41 Å². The molecule has 0 unspecified atom stereocenters. The highest BCUT2D eigenvalue weighted by molar-refractivity contribution is 6.13. The van der Waals surface area contributed by atoms with E-state index in [0.29, 0.717) is 0 Å². The van der Waals surface area contributed by atoms with E-state index in [-0.39, 0.29) is 5.41 Å². The van der Waals surface area contributed by atoms with Gasteiger partial charge in [0.25, 0.3) is 0 Å². The summed E-state index contributed by atoms with van der Waals surface area (Å²) in [6, 6.07) is 60.1. The van der Waals surface area contributed by atoms with Crippen LogP contribution in [0.15, 0.2) is 176 Å². The van der Waals surface area contributed by atoms with Gasteiger partial charge in [-0.25, -0.2) is 0 Å². The predicted molar refractivity (Wildman–Crippen MR) is 221 cm³/mol. The molecule has 0 bridgehead atoms. The van der Waals surface area contributed by atoms with Gasteiger partial charge in [0.05, 0.1) is 22.1 Å². The monoisotopic (exact) mass is 677 g/mol. The van der Waals surface area contributed by atoms with E-state index < -0.39 is 0 Å². The highest BCUT2D eigenvalue weighted by Crippen LogP contribution is 2.51. The minimum Gasteiger partial charge on any atom is -0.309 e. The second-order valence-electron chi connectivity index (χ2n) is 14.9. The number of hydrogen-bond acceptors (Lipinski definition) is 1. The summed E-state index contributed by atoms with van der Waals surface area (Å²) in [5.41, 5.74) is 17.2. The van der Waals surface area contributed by atoms with Crippen LogP contribution in [0.2, 0.25) is 0 Å². The van der Waals surface area contributed by atoms with Crippen LogP contribution in [0.25, 0.3) is 88.4 Å². The minimum atomic E-state index is -0.0825. The number of aromatic nitrogens is 3. The molecule has 0 aliphatic heterocycles. The van der Waals surface area contributed by atoms with Crippen LogP contribution in [0.4, 0.5) is 0 Å². The van der Waals surface area contributed by atoms with Gasteiger partial charge in [-0.3, -0.25) is 4.98 Å². The molecule has 0 fully saturated rings. The van der Waals surface area contributed by atoms with Crippen molar-refractivity contribution in [2.24, 2.45) is 0 Å². The molecule has 0 saturated heterocycles. The van der Waals surface area contributed by atoms with Crippen molar-refractivity contribution in [1.29, 1.82) is 0 Å². The molecule has 1 aliphatic rings. The number of hydrogen-bond donors (Lipinski definition) is 0. The first kappa shape index (κ1) is 30.0. The molecule has 0 spiro atoms. The zero-order chi connectivity index (χ0) is 35.3. The smallest absolute Gasteiger partial charge is 0.0571 e. The van der Waals surface area contributed by atoms with Crippen LogP contribution in [0.3, 0.4) is 0 Å². The lowest BCUT2D eigenvalue weighted by molar-refractivity contribution is 0.661. The number of pyridine rings is 1. The molecule has 0 N–H and O–H groups in total. The van der Waals surface area contributed by atoms with Gasteiger partial charge in [-0.05, 0) is 111 Å². The minimum absolute atomic E-state index is 0.0825. The Kier molecular flexibility index (Phi) is 6.30. The average Bonchev–Trinajstić information content (AvgIpc) is 3.80. The van der Waals surface area contributed by atoms with Gasteiger partial charge in [0.1, 0.15) is 0 Å². The first-order valence-corrected chi connectivity index (χ1v) is 18.4. The Morgan fingerprint density at radius 1 is 0.396 bits per heavy atom. The lowest BCUT2D eigenvalue weighted by atomic mass is 9.82. The number of benzene rings is 7. The van der Waals surface area contributed by atoms with Crippen LogP contribution >= 0.6 is 0 Å². The second-order valence-corrected chi connectivity index (χ2v) is 14.9. The third-order valence-electron chi connectivity index (χ3n) is 11.6. The fraction of sp³-hybridized carbons (Fsp3) is 0.0600. The van der Waals surface area contributed by atoms with E-state index in [4.69, 9.17) is 0 Å². The van der Waals surface area contributed by atoms with Gasteiger partial charge in [0.15, 0.2) is 0 Å². The van der Waals surface area contributed by atoms with Gasteiger partial charge >= 0.3 is 0 Å². The molecule has 53 heavy (non-hydrogen) atoms. The van der Waals surface area contributed by atoms with Gasteiger partial charge < -0.3 is 9.13 Å². The standard InChI is InChI=1S/C50H35N3/c1-50(2)44-16-10-9-15-38(44)39-29-42-43-31-51-26-25-48(43)53(49(42)30-45(39)50)37-21-19-36(20-22-37)52-46-23-17-34(32-11-5-3-6-12-32)27-40(46)41-28-35(18-24-47(41)52)33-13-7-4-8-14-33/h3-31H,1-2H3. The Labute approximate surface area is 308 Å². The second kappa shape index (κ2) is 11.1. The largest absolute Gasteiger partial charge is 0.309 e. The molecule has 0 radical (unpaired) electrons. The van der Waals surface area contributed by atoms with Gasteiger partial charge in [-0.1, -0.05) is 111 Å². The quantitative estimate of drug-likeness (QED) is 0.182. The third-order valence-corrected chi connectivity index (χ3v) is 11.6. The molecule has 250 valence electrons. The fourth-order valence-electron chi connectivity index (χ4n) is 9.01. The van der Waals surface area contributed by atoms with Crippen LogP contribution in [-0.4, -0.2) is 14.1 Å². The van der Waals surface area contributed by atoms with E-state index in [1.165, 1.54) is 82.6 Å². The van der Waals surface area contributed by atoms with Crippen molar-refractivity contribution >= 4 is 43.6 Å². The molecule has 3 heteroatoms. The fourth-order valence-corrected chi connectivity index (χ4v) is 9.01. The van der Waals surface area contributed by atoms with E-state index >= 15 is 0 Å². The zero-order valence-electron chi connectivity index (χ0n) is 29.6. The lowest BCUT2D eigenvalue weighted by Gasteiger charge is -2.21. The van der Waals surface area contributed by atoms with Gasteiger partial charge in [0, 0.05) is 50.7 Å². The van der Waals surface area contributed by atoms with Crippen LogP contribution < -0.4 is 0 Å². The number of rotatable bonds is 4. The molecular formula is C50H35N3. The Morgan fingerprint density at radius 2 is 0.925 bits per heavy atom. The molecule has 10 aromatic rings. The molecule has 0 amide bonds. The topological polar surface area (TPSA) is 22.8 Å². The Hall–Kier alpha value is -6.71. The molecule has 7 aromatic carbocycles. The molecule has 3 nitrogen and oxygen atoms in total. The van der Waals surface area contributed by atoms with E-state index in [2.05, 4.69) is 192 Å². The van der Waals surface area contributed by atoms with Gasteiger partial charge in [-0.15, -0.1) is 0 Å². The maximum atomic E-state index is 4.58. The molecule has 3 heterocycles. The number of nitrogens with zero attached hydrogens (tertiary/aromatic N) is 3. The summed E-state index contributed by atoms with van der Waals surface area (Å²) in [6.07, 6.45) is 3.93. The van der Waals surface area contributed by atoms with Crippen molar-refractivity contribution < 1.29 is 0 Å². The Balaban J connectivity index is 1.10. The first-order valence-electron chi connectivity index (χ1n) is 18.4. The Bertz CT molecular complexity index is 2960. The molecular weight excluding hydrogens is 643 g/mol. The summed E-state index contributed by atoms with van der Waals surface area (Å²) in [5, 5.41) is 4.89. The number of fused-ring (bicyclic) bond motifs is 9. The summed E-state index contributed by atoms with van der Waals surface area (Å²) in [4.78, 5) is 4.58. The Morgan fingerprint density at radius 3 is 1.55 bits per heavy atom. The summed E-state index contributed by atoms with van der Waals surface area (Å²) in [7, 11) is 0. The summed E-state index contributed by atoms with van der Waals surface area (Å²) >= 11 is 0. The highest BCUT2D eigenvalue weighted by Gasteiger charge is 2.36. The maximum absolute atomic E-state index is 4.58. The molecule has 3 aromatic heterocycles. The maximum Gasteiger partial charge on any atom is 0.0571 e. The molecule has 11 rings (SSSR count). The van der Waals surface area contributed by atoms with E-state index in [0.717, 1.165) is 16.9 Å². The van der Waals surface area contributed by atoms with E-state index in [1.807, 2.05) is 12.4 Å². The molecule has 1 aliphatic carbocycles. The normalized spacial score (nSPS) is 13.2. The first-order chi connectivity index (χ1) is 26.0. The van der Waals surface area contributed by atoms with Gasteiger partial charge in [-0.2, -0.15) is 0 Å². The van der Waals surface area contributed by atoms with Crippen LogP contribution in [0, 0.1) is 0 Å². The van der Waals surface area contributed by atoms with Crippen molar-refractivity contribution in [3.63, 3.8) is 0 Å². The SMILES string of the molecule is CC1(C)c2ccccc2-c2cc3c4cnccc4n(-c4ccc(-n5c6ccc(-c7ccccc7)cc6c6cc(-c7ccccc7)ccc65)cc4)c3cc21. The highest BCUT2D eigenvalue weighted by atomic mass is 15.0. The lowest BCUT2D eigenvalue weighted by Crippen LogP contribution is -2.14. The van der Waals surface area contributed by atoms with Crippen molar-refractivity contribution in [2.75, 3.05) is 0 Å². The van der Waals surface area contributed by atoms with Crippen LogP contribution in [0.1, 0.15) is 25.0 Å². The molecule has 0 saturated carbocycles. The summed E-state index contributed by atoms with van der Waals surface area (Å²) in [5.74, 6) is 0. The summed E-state index contributed by atoms with van der Waals surface area (Å²) in [6.45, 7) is 4.70. The zero-order valence-corrected chi connectivity index (χ0v) is 29.6. The van der Waals surface area contributed by atoms with Crippen LogP contribution in [0.5, 0.6) is 0 Å². The van der Waals surface area contributed by atoms with Crippen molar-refractivity contribution in [3.05, 3.63) is 187 Å². The predicted octanol–water partition coefficient (Wildman–Crippen LogP) is 12.9. The van der Waals surface area contributed by atoms with E-state index in [9.17, 15) is 0 Å². The average molecular weight is 678 g/mol. The van der Waals surface area contributed by atoms with Gasteiger partial charge in [0.2, 0.25) is 0 Å². The molecule has 0 atom stereocenters. The third kappa shape index (κ3) is 4.37. The summed E-state index contributed by atoms with van der Waals surface area (Å²) < 4.78 is 4.83.